The summed E-state index contributed by atoms with van der Waals surface area (Å²) in [5.41, 5.74) is 0.430. The molecule has 0 saturated carbocycles. The van der Waals surface area contributed by atoms with Crippen molar-refractivity contribution in [2.24, 2.45) is 0 Å². The predicted octanol–water partition coefficient (Wildman–Crippen LogP) is 0.788. The topological polar surface area (TPSA) is 61.3 Å². The number of nitrogens with zero attached hydrogens (tertiary/aromatic N) is 3. The zero-order chi connectivity index (χ0) is 11.8. The fourth-order valence-electron chi connectivity index (χ4n) is 2.14. The van der Waals surface area contributed by atoms with Gasteiger partial charge < -0.3 is 15.3 Å². The molecule has 1 aromatic heterocycles. The second-order valence-corrected chi connectivity index (χ2v) is 4.59. The van der Waals surface area contributed by atoms with Crippen molar-refractivity contribution < 1.29 is 5.11 Å². The Morgan fingerprint density at radius 1 is 1.50 bits per heavy atom. The van der Waals surface area contributed by atoms with Crippen molar-refractivity contribution in [2.45, 2.75) is 25.9 Å². The third-order valence-corrected chi connectivity index (χ3v) is 3.05. The number of hydrogen-bond donors (Lipinski definition) is 2. The van der Waals surface area contributed by atoms with E-state index in [4.69, 9.17) is 0 Å². The van der Waals surface area contributed by atoms with Gasteiger partial charge in [0.2, 0.25) is 0 Å². The zero-order valence-corrected chi connectivity index (χ0v) is 9.99. The lowest BCUT2D eigenvalue weighted by atomic mass is 10.1. The van der Waals surface area contributed by atoms with Crippen LogP contribution in [0.15, 0.2) is 6.33 Å². The van der Waals surface area contributed by atoms with Gasteiger partial charge in [0.05, 0.1) is 5.60 Å². The molecule has 2 N–H and O–H groups in total. The van der Waals surface area contributed by atoms with Crippen LogP contribution < -0.4 is 10.2 Å². The highest BCUT2D eigenvalue weighted by Gasteiger charge is 2.32. The normalized spacial score (nSPS) is 24.9. The summed E-state index contributed by atoms with van der Waals surface area (Å²) in [6.45, 7) is 5.33. The molecule has 0 aliphatic carbocycles. The SMILES string of the molecule is CNc1ncnc(N2CCC(C)(O)C2)c1C. The van der Waals surface area contributed by atoms with Crippen LogP contribution in [0.25, 0.3) is 0 Å². The summed E-state index contributed by atoms with van der Waals surface area (Å²) in [7, 11) is 1.85. The molecule has 1 atom stereocenters. The standard InChI is InChI=1S/C11H18N4O/c1-8-9(12-3)13-7-14-10(8)15-5-4-11(2,16)6-15/h7,16H,4-6H2,1-3H3,(H,12,13,14). The maximum Gasteiger partial charge on any atom is 0.137 e. The van der Waals surface area contributed by atoms with E-state index >= 15 is 0 Å². The van der Waals surface area contributed by atoms with E-state index < -0.39 is 5.60 Å². The molecule has 0 spiro atoms. The van der Waals surface area contributed by atoms with Gasteiger partial charge in [-0.05, 0) is 20.3 Å². The number of nitrogens with one attached hydrogen (secondary N) is 1. The van der Waals surface area contributed by atoms with E-state index in [9.17, 15) is 5.11 Å². The van der Waals surface area contributed by atoms with Crippen LogP contribution in [0.2, 0.25) is 0 Å². The Morgan fingerprint density at radius 3 is 2.81 bits per heavy atom. The molecule has 1 unspecified atom stereocenters. The molecule has 2 rings (SSSR count). The summed E-state index contributed by atoms with van der Waals surface area (Å²) in [6, 6.07) is 0. The van der Waals surface area contributed by atoms with Gasteiger partial charge >= 0.3 is 0 Å². The summed E-state index contributed by atoms with van der Waals surface area (Å²) < 4.78 is 0. The molecule has 0 amide bonds. The smallest absolute Gasteiger partial charge is 0.137 e. The van der Waals surface area contributed by atoms with Crippen LogP contribution >= 0.6 is 0 Å². The van der Waals surface area contributed by atoms with Crippen molar-refractivity contribution in [1.82, 2.24) is 9.97 Å². The first kappa shape index (κ1) is 11.1. The van der Waals surface area contributed by atoms with Crippen molar-refractivity contribution in [1.29, 1.82) is 0 Å². The molecular formula is C11H18N4O. The van der Waals surface area contributed by atoms with Crippen LogP contribution in [0.4, 0.5) is 11.6 Å². The van der Waals surface area contributed by atoms with Crippen LogP contribution in [-0.4, -0.2) is 40.8 Å². The average Bonchev–Trinajstić information content (AvgIpc) is 2.59. The van der Waals surface area contributed by atoms with Crippen molar-refractivity contribution in [3.63, 3.8) is 0 Å². The lowest BCUT2D eigenvalue weighted by Crippen LogP contribution is -2.30. The Morgan fingerprint density at radius 2 is 2.25 bits per heavy atom. The van der Waals surface area contributed by atoms with Gasteiger partial charge in [0.25, 0.3) is 0 Å². The maximum absolute atomic E-state index is 9.94. The average molecular weight is 222 g/mol. The number of anilines is 2. The van der Waals surface area contributed by atoms with Gasteiger partial charge in [0.15, 0.2) is 0 Å². The van der Waals surface area contributed by atoms with Gasteiger partial charge in [-0.3, -0.25) is 0 Å². The van der Waals surface area contributed by atoms with Crippen molar-refractivity contribution in [3.05, 3.63) is 11.9 Å². The highest BCUT2D eigenvalue weighted by molar-refractivity contribution is 5.58. The van der Waals surface area contributed by atoms with Gasteiger partial charge in [-0.15, -0.1) is 0 Å². The molecule has 0 radical (unpaired) electrons. The number of aliphatic hydroxyl groups is 1. The molecule has 2 heterocycles. The summed E-state index contributed by atoms with van der Waals surface area (Å²) in [5, 5.41) is 13.0. The molecule has 1 saturated heterocycles. The lowest BCUT2D eigenvalue weighted by molar-refractivity contribution is 0.0839. The van der Waals surface area contributed by atoms with Crippen LogP contribution in [0, 0.1) is 6.92 Å². The minimum absolute atomic E-state index is 0.600. The minimum Gasteiger partial charge on any atom is -0.388 e. The van der Waals surface area contributed by atoms with Crippen molar-refractivity contribution >= 4 is 11.6 Å². The quantitative estimate of drug-likeness (QED) is 0.774. The monoisotopic (exact) mass is 222 g/mol. The Kier molecular flexibility index (Phi) is 2.71. The number of aromatic nitrogens is 2. The third-order valence-electron chi connectivity index (χ3n) is 3.05. The van der Waals surface area contributed by atoms with Gasteiger partial charge in [-0.2, -0.15) is 0 Å². The summed E-state index contributed by atoms with van der Waals surface area (Å²) in [5.74, 6) is 1.76. The predicted molar refractivity (Wildman–Crippen MR) is 63.8 cm³/mol. The van der Waals surface area contributed by atoms with Crippen LogP contribution in [0.5, 0.6) is 0 Å². The molecule has 0 aromatic carbocycles. The van der Waals surface area contributed by atoms with E-state index in [0.717, 1.165) is 30.2 Å². The first-order valence-corrected chi connectivity index (χ1v) is 5.50. The number of rotatable bonds is 2. The highest BCUT2D eigenvalue weighted by Crippen LogP contribution is 2.28. The molecule has 1 aromatic rings. The number of β-amino-alcohol motifs (C(OH)–C–C–N with tert-alkyl or cyclic N) is 1. The largest absolute Gasteiger partial charge is 0.388 e. The molecular weight excluding hydrogens is 204 g/mol. The molecule has 1 aliphatic heterocycles. The molecule has 1 fully saturated rings. The Labute approximate surface area is 95.5 Å². The van der Waals surface area contributed by atoms with Gasteiger partial charge in [0, 0.05) is 25.7 Å². The molecule has 5 nitrogen and oxygen atoms in total. The first-order valence-electron chi connectivity index (χ1n) is 5.50. The van der Waals surface area contributed by atoms with Crippen molar-refractivity contribution in [3.8, 4) is 0 Å². The fraction of sp³-hybridized carbons (Fsp3) is 0.636. The first-order chi connectivity index (χ1) is 7.53. The van der Waals surface area contributed by atoms with E-state index in [-0.39, 0.29) is 0 Å². The fourth-order valence-corrected chi connectivity index (χ4v) is 2.14. The van der Waals surface area contributed by atoms with Crippen LogP contribution in [-0.2, 0) is 0 Å². The molecule has 16 heavy (non-hydrogen) atoms. The van der Waals surface area contributed by atoms with E-state index in [0.29, 0.717) is 6.54 Å². The Balaban J connectivity index is 2.28. The summed E-state index contributed by atoms with van der Waals surface area (Å²) >= 11 is 0. The van der Waals surface area contributed by atoms with E-state index in [1.165, 1.54) is 0 Å². The molecule has 1 aliphatic rings. The third kappa shape index (κ3) is 1.95. The Bertz CT molecular complexity index is 392. The highest BCUT2D eigenvalue weighted by atomic mass is 16.3. The van der Waals surface area contributed by atoms with Crippen LogP contribution in [0.3, 0.4) is 0 Å². The van der Waals surface area contributed by atoms with Crippen molar-refractivity contribution in [2.75, 3.05) is 30.4 Å². The van der Waals surface area contributed by atoms with Crippen LogP contribution in [0.1, 0.15) is 18.9 Å². The molecule has 0 bridgehead atoms. The molecule has 88 valence electrons. The van der Waals surface area contributed by atoms with Gasteiger partial charge in [-0.1, -0.05) is 0 Å². The van der Waals surface area contributed by atoms with E-state index in [1.54, 1.807) is 6.33 Å². The Hall–Kier alpha value is -1.36. The minimum atomic E-state index is -0.600. The summed E-state index contributed by atoms with van der Waals surface area (Å²) in [4.78, 5) is 10.6. The maximum atomic E-state index is 9.94. The van der Waals surface area contributed by atoms with Gasteiger partial charge in [0.1, 0.15) is 18.0 Å². The number of hydrogen-bond acceptors (Lipinski definition) is 5. The van der Waals surface area contributed by atoms with E-state index in [1.807, 2.05) is 20.9 Å². The second-order valence-electron chi connectivity index (χ2n) is 4.59. The second kappa shape index (κ2) is 3.90. The zero-order valence-electron chi connectivity index (χ0n) is 9.99. The lowest BCUT2D eigenvalue weighted by Gasteiger charge is -2.22. The summed E-state index contributed by atoms with van der Waals surface area (Å²) in [6.07, 6.45) is 2.34. The van der Waals surface area contributed by atoms with E-state index in [2.05, 4.69) is 20.2 Å². The molecule has 5 heteroatoms. The van der Waals surface area contributed by atoms with Gasteiger partial charge in [-0.25, -0.2) is 9.97 Å².